The van der Waals surface area contributed by atoms with E-state index < -0.39 is 11.5 Å². The number of aromatic nitrogens is 2. The molecule has 0 aliphatic heterocycles. The van der Waals surface area contributed by atoms with Crippen molar-refractivity contribution in [3.63, 3.8) is 0 Å². The van der Waals surface area contributed by atoms with Crippen molar-refractivity contribution >= 4 is 22.7 Å². The molecule has 1 fully saturated rings. The van der Waals surface area contributed by atoms with Crippen LogP contribution in [-0.2, 0) is 6.54 Å². The fraction of sp³-hybridized carbons (Fsp3) is 0.318. The highest BCUT2D eigenvalue weighted by molar-refractivity contribution is 5.99. The SMILES string of the molecule is CNC(=O)c1cc(C(=O)NCCC2CC2)cn(Cc2cccc3[nH]ccc23)c1=O. The molecule has 1 saturated carbocycles. The minimum absolute atomic E-state index is 0.0383. The Bertz CT molecular complexity index is 1120. The van der Waals surface area contributed by atoms with Crippen molar-refractivity contribution in [1.29, 1.82) is 0 Å². The Morgan fingerprint density at radius 2 is 2.03 bits per heavy atom. The number of hydrogen-bond donors (Lipinski definition) is 3. The lowest BCUT2D eigenvalue weighted by Gasteiger charge is -2.12. The molecule has 2 heterocycles. The zero-order valence-electron chi connectivity index (χ0n) is 16.3. The fourth-order valence-electron chi connectivity index (χ4n) is 3.54. The second-order valence-corrected chi connectivity index (χ2v) is 7.50. The summed E-state index contributed by atoms with van der Waals surface area (Å²) < 4.78 is 1.43. The van der Waals surface area contributed by atoms with Gasteiger partial charge in [-0.05, 0) is 36.1 Å². The van der Waals surface area contributed by atoms with E-state index in [0.29, 0.717) is 18.0 Å². The van der Waals surface area contributed by atoms with Gasteiger partial charge in [-0.15, -0.1) is 0 Å². The van der Waals surface area contributed by atoms with E-state index in [4.69, 9.17) is 0 Å². The van der Waals surface area contributed by atoms with Gasteiger partial charge >= 0.3 is 0 Å². The highest BCUT2D eigenvalue weighted by atomic mass is 16.2. The summed E-state index contributed by atoms with van der Waals surface area (Å²) in [5, 5.41) is 6.38. The molecule has 1 aromatic carbocycles. The van der Waals surface area contributed by atoms with Crippen LogP contribution in [-0.4, -0.2) is 35.0 Å². The van der Waals surface area contributed by atoms with E-state index in [0.717, 1.165) is 22.9 Å². The molecular formula is C22H24N4O3. The molecule has 2 amide bonds. The Morgan fingerprint density at radius 3 is 2.79 bits per heavy atom. The maximum atomic E-state index is 12.9. The van der Waals surface area contributed by atoms with E-state index in [1.54, 1.807) is 0 Å². The van der Waals surface area contributed by atoms with Gasteiger partial charge in [0, 0.05) is 36.9 Å². The largest absolute Gasteiger partial charge is 0.361 e. The van der Waals surface area contributed by atoms with Gasteiger partial charge < -0.3 is 20.2 Å². The first-order chi connectivity index (χ1) is 14.1. The normalized spacial score (nSPS) is 13.4. The van der Waals surface area contributed by atoms with Gasteiger partial charge in [-0.25, -0.2) is 0 Å². The van der Waals surface area contributed by atoms with Gasteiger partial charge in [0.05, 0.1) is 12.1 Å². The summed E-state index contributed by atoms with van der Waals surface area (Å²) in [6, 6.07) is 9.13. The lowest BCUT2D eigenvalue weighted by atomic mass is 10.1. The van der Waals surface area contributed by atoms with E-state index in [1.165, 1.54) is 36.7 Å². The van der Waals surface area contributed by atoms with Crippen molar-refractivity contribution in [1.82, 2.24) is 20.2 Å². The molecule has 1 aliphatic carbocycles. The molecule has 3 N–H and O–H groups in total. The first-order valence-corrected chi connectivity index (χ1v) is 9.86. The zero-order chi connectivity index (χ0) is 20.4. The maximum Gasteiger partial charge on any atom is 0.263 e. The van der Waals surface area contributed by atoms with E-state index >= 15 is 0 Å². The van der Waals surface area contributed by atoms with Gasteiger partial charge in [-0.1, -0.05) is 25.0 Å². The molecule has 29 heavy (non-hydrogen) atoms. The molecule has 2 aromatic heterocycles. The summed E-state index contributed by atoms with van der Waals surface area (Å²) in [4.78, 5) is 40.9. The Morgan fingerprint density at radius 1 is 1.21 bits per heavy atom. The standard InChI is InChI=1S/C22H24N4O3/c1-23-21(28)18-11-16(20(27)25-9-7-14-5-6-14)13-26(22(18)29)12-15-3-2-4-19-17(15)8-10-24-19/h2-4,8,10-11,13-14,24H,5-7,9,12H2,1H3,(H,23,28)(H,25,27). The van der Waals surface area contributed by atoms with Crippen molar-refractivity contribution in [3.8, 4) is 0 Å². The van der Waals surface area contributed by atoms with Gasteiger partial charge in [0.15, 0.2) is 0 Å². The van der Waals surface area contributed by atoms with Crippen molar-refractivity contribution in [2.45, 2.75) is 25.8 Å². The number of carbonyl (C=O) groups is 2. The second kappa shape index (κ2) is 7.95. The number of carbonyl (C=O) groups excluding carboxylic acids is 2. The molecule has 4 rings (SSSR count). The lowest BCUT2D eigenvalue weighted by Crippen LogP contribution is -2.34. The Labute approximate surface area is 168 Å². The summed E-state index contributed by atoms with van der Waals surface area (Å²) in [5.41, 5.74) is 1.74. The summed E-state index contributed by atoms with van der Waals surface area (Å²) >= 11 is 0. The maximum absolute atomic E-state index is 12.9. The van der Waals surface area contributed by atoms with Gasteiger partial charge in [0.2, 0.25) is 0 Å². The summed E-state index contributed by atoms with van der Waals surface area (Å²) in [6.45, 7) is 0.863. The Kier molecular flexibility index (Phi) is 5.20. The molecule has 7 nitrogen and oxygen atoms in total. The predicted molar refractivity (Wildman–Crippen MR) is 111 cm³/mol. The monoisotopic (exact) mass is 392 g/mol. The van der Waals surface area contributed by atoms with Crippen molar-refractivity contribution in [2.75, 3.05) is 13.6 Å². The van der Waals surface area contributed by atoms with Crippen LogP contribution in [0.15, 0.2) is 47.5 Å². The number of nitrogens with zero attached hydrogens (tertiary/aromatic N) is 1. The molecule has 1 aliphatic rings. The lowest BCUT2D eigenvalue weighted by molar-refractivity contribution is 0.0952. The van der Waals surface area contributed by atoms with Gasteiger partial charge in [0.25, 0.3) is 17.4 Å². The first-order valence-electron chi connectivity index (χ1n) is 9.86. The third-order valence-electron chi connectivity index (χ3n) is 5.38. The van der Waals surface area contributed by atoms with Gasteiger partial charge in [-0.2, -0.15) is 0 Å². The quantitative estimate of drug-likeness (QED) is 0.575. The molecule has 0 unspecified atom stereocenters. The van der Waals surface area contributed by atoms with Crippen LogP contribution in [0.2, 0.25) is 0 Å². The predicted octanol–water partition coefficient (Wildman–Crippen LogP) is 2.27. The number of fused-ring (bicyclic) bond motifs is 1. The molecule has 0 saturated heterocycles. The Balaban J connectivity index is 1.67. The number of H-pyrrole nitrogens is 1. The highest BCUT2D eigenvalue weighted by Gasteiger charge is 2.21. The van der Waals surface area contributed by atoms with Crippen LogP contribution in [0.4, 0.5) is 0 Å². The summed E-state index contributed by atoms with van der Waals surface area (Å²) in [5.74, 6) is -0.0619. The molecular weight excluding hydrogens is 368 g/mol. The van der Waals surface area contributed by atoms with Crippen LogP contribution in [0, 0.1) is 5.92 Å². The second-order valence-electron chi connectivity index (χ2n) is 7.50. The smallest absolute Gasteiger partial charge is 0.263 e. The minimum atomic E-state index is -0.503. The number of benzene rings is 1. The zero-order valence-corrected chi connectivity index (χ0v) is 16.3. The number of rotatable bonds is 7. The van der Waals surface area contributed by atoms with Crippen molar-refractivity contribution in [3.05, 3.63) is 69.8 Å². The first kappa shape index (κ1) is 19.0. The van der Waals surface area contributed by atoms with Crippen LogP contribution >= 0.6 is 0 Å². The number of nitrogens with one attached hydrogen (secondary N) is 3. The van der Waals surface area contributed by atoms with Crippen LogP contribution < -0.4 is 16.2 Å². The van der Waals surface area contributed by atoms with E-state index in [1.807, 2.05) is 30.5 Å². The van der Waals surface area contributed by atoms with Crippen LogP contribution in [0.25, 0.3) is 10.9 Å². The number of aromatic amines is 1. The summed E-state index contributed by atoms with van der Waals surface area (Å²) in [7, 11) is 1.47. The number of hydrogen-bond acceptors (Lipinski definition) is 3. The fourth-order valence-corrected chi connectivity index (χ4v) is 3.54. The van der Waals surface area contributed by atoms with E-state index in [2.05, 4.69) is 15.6 Å². The molecule has 7 heteroatoms. The Hall–Kier alpha value is -3.35. The van der Waals surface area contributed by atoms with E-state index in [9.17, 15) is 14.4 Å². The minimum Gasteiger partial charge on any atom is -0.361 e. The topological polar surface area (TPSA) is 96.0 Å². The van der Waals surface area contributed by atoms with E-state index in [-0.39, 0.29) is 18.0 Å². The van der Waals surface area contributed by atoms with Gasteiger partial charge in [0.1, 0.15) is 5.56 Å². The number of amides is 2. The molecule has 0 bridgehead atoms. The molecule has 3 aromatic rings. The molecule has 0 radical (unpaired) electrons. The average molecular weight is 392 g/mol. The van der Waals surface area contributed by atoms with Crippen molar-refractivity contribution in [2.24, 2.45) is 5.92 Å². The van der Waals surface area contributed by atoms with Crippen LogP contribution in [0.3, 0.4) is 0 Å². The molecule has 150 valence electrons. The number of pyridine rings is 1. The highest BCUT2D eigenvalue weighted by Crippen LogP contribution is 2.31. The third kappa shape index (κ3) is 4.08. The third-order valence-corrected chi connectivity index (χ3v) is 5.38. The van der Waals surface area contributed by atoms with Crippen LogP contribution in [0.1, 0.15) is 45.5 Å². The molecule has 0 spiro atoms. The molecule has 0 atom stereocenters. The summed E-state index contributed by atoms with van der Waals surface area (Å²) in [6.07, 6.45) is 6.80. The van der Waals surface area contributed by atoms with Crippen LogP contribution in [0.5, 0.6) is 0 Å². The average Bonchev–Trinajstić information content (AvgIpc) is 3.42. The van der Waals surface area contributed by atoms with Crippen molar-refractivity contribution < 1.29 is 9.59 Å². The van der Waals surface area contributed by atoms with Gasteiger partial charge in [-0.3, -0.25) is 14.4 Å².